The molecule has 0 radical (unpaired) electrons. The Kier molecular flexibility index (Phi) is 6.92. The lowest BCUT2D eigenvalue weighted by atomic mass is 10.0. The van der Waals surface area contributed by atoms with Gasteiger partial charge in [0.15, 0.2) is 0 Å². The number of nitrogens with one attached hydrogen (secondary N) is 2. The van der Waals surface area contributed by atoms with Crippen LogP contribution in [-0.4, -0.2) is 73.6 Å². The van der Waals surface area contributed by atoms with Crippen LogP contribution >= 0.6 is 0 Å². The molecule has 1 heterocycles. The normalized spacial score (nSPS) is 19.1. The largest absolute Gasteiger partial charge is 0.350 e. The Labute approximate surface area is 124 Å². The van der Waals surface area contributed by atoms with Gasteiger partial charge in [0.2, 0.25) is 5.91 Å². The summed E-state index contributed by atoms with van der Waals surface area (Å²) in [5.74, 6) is 0.125. The number of hydrogen-bond donors (Lipinski definition) is 2. The predicted molar refractivity (Wildman–Crippen MR) is 83.9 cm³/mol. The monoisotopic (exact) mass is 284 g/mol. The SMILES string of the molecule is CCC(C)(C)NC(=O)C(C)N(C)CCN1CCNCC1. The standard InChI is InChI=1S/C15H32N4O/c1-6-15(3,4)17-14(20)13(2)18(5)11-12-19-9-7-16-8-10-19/h13,16H,6-12H2,1-5H3,(H,17,20). The zero-order valence-corrected chi connectivity index (χ0v) is 13.8. The highest BCUT2D eigenvalue weighted by atomic mass is 16.2. The summed E-state index contributed by atoms with van der Waals surface area (Å²) in [6, 6.07) is -0.0799. The summed E-state index contributed by atoms with van der Waals surface area (Å²) in [6.07, 6.45) is 0.940. The maximum absolute atomic E-state index is 12.2. The number of carbonyl (C=O) groups excluding carboxylic acids is 1. The van der Waals surface area contributed by atoms with Gasteiger partial charge in [0.25, 0.3) is 0 Å². The van der Waals surface area contributed by atoms with E-state index in [1.54, 1.807) is 0 Å². The van der Waals surface area contributed by atoms with Crippen LogP contribution in [0.3, 0.4) is 0 Å². The van der Waals surface area contributed by atoms with E-state index in [2.05, 4.69) is 41.2 Å². The number of piperazine rings is 1. The van der Waals surface area contributed by atoms with Crippen molar-refractivity contribution in [3.8, 4) is 0 Å². The van der Waals surface area contributed by atoms with Gasteiger partial charge in [0, 0.05) is 44.8 Å². The smallest absolute Gasteiger partial charge is 0.237 e. The van der Waals surface area contributed by atoms with E-state index in [0.717, 1.165) is 45.7 Å². The maximum atomic E-state index is 12.2. The molecule has 1 aliphatic rings. The molecule has 0 aliphatic carbocycles. The number of rotatable bonds is 7. The molecule has 1 amide bonds. The first-order chi connectivity index (χ1) is 9.35. The van der Waals surface area contributed by atoms with E-state index in [9.17, 15) is 4.79 Å². The van der Waals surface area contributed by atoms with Gasteiger partial charge in [-0.05, 0) is 34.2 Å². The molecule has 5 nitrogen and oxygen atoms in total. The molecule has 1 aliphatic heterocycles. The van der Waals surface area contributed by atoms with Crippen LogP contribution in [0.5, 0.6) is 0 Å². The molecule has 0 bridgehead atoms. The molecule has 2 N–H and O–H groups in total. The first kappa shape index (κ1) is 17.4. The van der Waals surface area contributed by atoms with Crippen molar-refractivity contribution < 1.29 is 4.79 Å². The summed E-state index contributed by atoms with van der Waals surface area (Å²) in [5, 5.41) is 6.48. The van der Waals surface area contributed by atoms with E-state index in [1.807, 2.05) is 14.0 Å². The van der Waals surface area contributed by atoms with E-state index in [1.165, 1.54) is 0 Å². The van der Waals surface area contributed by atoms with Crippen molar-refractivity contribution in [1.29, 1.82) is 0 Å². The van der Waals surface area contributed by atoms with Gasteiger partial charge in [-0.2, -0.15) is 0 Å². The van der Waals surface area contributed by atoms with E-state index in [-0.39, 0.29) is 17.5 Å². The van der Waals surface area contributed by atoms with Crippen molar-refractivity contribution in [2.24, 2.45) is 0 Å². The van der Waals surface area contributed by atoms with Crippen LogP contribution in [0.25, 0.3) is 0 Å². The first-order valence-corrected chi connectivity index (χ1v) is 7.81. The summed E-state index contributed by atoms with van der Waals surface area (Å²) >= 11 is 0. The molecule has 1 saturated heterocycles. The third kappa shape index (κ3) is 5.77. The topological polar surface area (TPSA) is 47.6 Å². The quantitative estimate of drug-likeness (QED) is 0.715. The Balaban J connectivity index is 2.33. The van der Waals surface area contributed by atoms with Crippen molar-refractivity contribution in [3.05, 3.63) is 0 Å². The Bertz CT molecular complexity index is 300. The minimum Gasteiger partial charge on any atom is -0.350 e. The van der Waals surface area contributed by atoms with Crippen LogP contribution in [0.15, 0.2) is 0 Å². The van der Waals surface area contributed by atoms with E-state index >= 15 is 0 Å². The Hall–Kier alpha value is -0.650. The van der Waals surface area contributed by atoms with Crippen LogP contribution < -0.4 is 10.6 Å². The lowest BCUT2D eigenvalue weighted by Crippen LogP contribution is -2.52. The summed E-state index contributed by atoms with van der Waals surface area (Å²) in [7, 11) is 2.03. The number of amides is 1. The number of likely N-dealkylation sites (N-methyl/N-ethyl adjacent to an activating group) is 1. The number of hydrogen-bond acceptors (Lipinski definition) is 4. The van der Waals surface area contributed by atoms with Gasteiger partial charge >= 0.3 is 0 Å². The summed E-state index contributed by atoms with van der Waals surface area (Å²) in [5.41, 5.74) is -0.120. The molecule has 1 atom stereocenters. The van der Waals surface area contributed by atoms with E-state index in [0.29, 0.717) is 0 Å². The molecule has 0 aromatic rings. The van der Waals surface area contributed by atoms with Crippen LogP contribution in [-0.2, 0) is 4.79 Å². The number of carbonyl (C=O) groups is 1. The molecule has 0 aromatic carbocycles. The third-order valence-electron chi connectivity index (χ3n) is 4.36. The maximum Gasteiger partial charge on any atom is 0.237 e. The molecule has 1 rings (SSSR count). The zero-order chi connectivity index (χ0) is 15.2. The van der Waals surface area contributed by atoms with Crippen LogP contribution in [0.1, 0.15) is 34.1 Å². The second kappa shape index (κ2) is 7.96. The molecule has 20 heavy (non-hydrogen) atoms. The van der Waals surface area contributed by atoms with Gasteiger partial charge < -0.3 is 10.6 Å². The number of nitrogens with zero attached hydrogens (tertiary/aromatic N) is 2. The van der Waals surface area contributed by atoms with Crippen molar-refractivity contribution in [1.82, 2.24) is 20.4 Å². The zero-order valence-electron chi connectivity index (χ0n) is 13.8. The molecular weight excluding hydrogens is 252 g/mol. The van der Waals surface area contributed by atoms with Crippen molar-refractivity contribution >= 4 is 5.91 Å². The Morgan fingerprint density at radius 3 is 2.55 bits per heavy atom. The second-order valence-electron chi connectivity index (χ2n) is 6.47. The summed E-state index contributed by atoms with van der Waals surface area (Å²) in [4.78, 5) is 16.8. The molecular formula is C15H32N4O. The summed E-state index contributed by atoms with van der Waals surface area (Å²) in [6.45, 7) is 14.5. The molecule has 1 unspecified atom stereocenters. The van der Waals surface area contributed by atoms with Gasteiger partial charge in [0.1, 0.15) is 0 Å². The first-order valence-electron chi connectivity index (χ1n) is 7.81. The third-order valence-corrected chi connectivity index (χ3v) is 4.36. The van der Waals surface area contributed by atoms with Gasteiger partial charge in [-0.25, -0.2) is 0 Å². The van der Waals surface area contributed by atoms with E-state index in [4.69, 9.17) is 0 Å². The highest BCUT2D eigenvalue weighted by molar-refractivity contribution is 5.81. The van der Waals surface area contributed by atoms with Gasteiger partial charge in [0.05, 0.1) is 6.04 Å². The predicted octanol–water partition coefficient (Wildman–Crippen LogP) is 0.517. The lowest BCUT2D eigenvalue weighted by molar-refractivity contribution is -0.127. The average Bonchev–Trinajstić information content (AvgIpc) is 2.44. The molecule has 118 valence electrons. The fourth-order valence-electron chi connectivity index (χ4n) is 2.15. The van der Waals surface area contributed by atoms with Gasteiger partial charge in [-0.15, -0.1) is 0 Å². The molecule has 0 saturated carbocycles. The van der Waals surface area contributed by atoms with Crippen molar-refractivity contribution in [3.63, 3.8) is 0 Å². The van der Waals surface area contributed by atoms with Crippen molar-refractivity contribution in [2.75, 3.05) is 46.3 Å². The van der Waals surface area contributed by atoms with E-state index < -0.39 is 0 Å². The Morgan fingerprint density at radius 2 is 2.00 bits per heavy atom. The molecule has 1 fully saturated rings. The molecule has 5 heteroatoms. The molecule has 0 spiro atoms. The highest BCUT2D eigenvalue weighted by Crippen LogP contribution is 2.08. The van der Waals surface area contributed by atoms with Gasteiger partial charge in [-0.3, -0.25) is 14.6 Å². The van der Waals surface area contributed by atoms with Crippen LogP contribution in [0, 0.1) is 0 Å². The van der Waals surface area contributed by atoms with Gasteiger partial charge in [-0.1, -0.05) is 6.92 Å². The van der Waals surface area contributed by atoms with Crippen LogP contribution in [0.2, 0.25) is 0 Å². The average molecular weight is 284 g/mol. The van der Waals surface area contributed by atoms with Crippen molar-refractivity contribution in [2.45, 2.75) is 45.7 Å². The minimum absolute atomic E-state index is 0.0799. The van der Waals surface area contributed by atoms with Crippen LogP contribution in [0.4, 0.5) is 0 Å². The second-order valence-corrected chi connectivity index (χ2v) is 6.47. The fraction of sp³-hybridized carbons (Fsp3) is 0.933. The highest BCUT2D eigenvalue weighted by Gasteiger charge is 2.24. The summed E-state index contributed by atoms with van der Waals surface area (Å²) < 4.78 is 0. The minimum atomic E-state index is -0.120. The fourth-order valence-corrected chi connectivity index (χ4v) is 2.15. The Morgan fingerprint density at radius 1 is 1.40 bits per heavy atom. The molecule has 0 aromatic heterocycles. The lowest BCUT2D eigenvalue weighted by Gasteiger charge is -2.32.